The van der Waals surface area contributed by atoms with Crippen molar-refractivity contribution in [3.63, 3.8) is 0 Å². The summed E-state index contributed by atoms with van der Waals surface area (Å²) in [5.41, 5.74) is 0. The molecule has 3 rings (SSSR count). The number of aliphatic hydroxyl groups excluding tert-OH is 1. The van der Waals surface area contributed by atoms with E-state index in [2.05, 4.69) is 0 Å². The standard InChI is InChI=1S/C19H26Cl2N2O5S/c1-28-7-3-6-22-11-13(12-24)17-4-2-5-18(19(22)25)23(17)29(26,27)16-9-14(20)8-15(21)10-16/h8-10,13,17-18,24H,2-7,11-12H2,1H3/t13-,17+,18-/m0/s1. The first-order chi connectivity index (χ1) is 13.8. The lowest BCUT2D eigenvalue weighted by molar-refractivity contribution is -0.135. The van der Waals surface area contributed by atoms with Gasteiger partial charge in [-0.3, -0.25) is 4.79 Å². The number of ether oxygens (including phenoxy) is 1. The van der Waals surface area contributed by atoms with Gasteiger partial charge in [0.15, 0.2) is 0 Å². The van der Waals surface area contributed by atoms with E-state index >= 15 is 0 Å². The Labute approximate surface area is 181 Å². The van der Waals surface area contributed by atoms with Crippen molar-refractivity contribution < 1.29 is 23.1 Å². The fourth-order valence-electron chi connectivity index (χ4n) is 4.31. The number of carbonyl (C=O) groups is 1. The van der Waals surface area contributed by atoms with Crippen LogP contribution in [0.3, 0.4) is 0 Å². The number of fused-ring (bicyclic) bond motifs is 2. The average molecular weight is 465 g/mol. The number of halogens is 2. The second kappa shape index (κ2) is 9.49. The first kappa shape index (κ1) is 22.8. The summed E-state index contributed by atoms with van der Waals surface area (Å²) in [4.78, 5) is 14.9. The number of sulfonamides is 1. The molecule has 0 spiro atoms. The smallest absolute Gasteiger partial charge is 0.244 e. The van der Waals surface area contributed by atoms with Gasteiger partial charge in [-0.05, 0) is 43.9 Å². The third kappa shape index (κ3) is 4.73. The third-order valence-electron chi connectivity index (χ3n) is 5.63. The van der Waals surface area contributed by atoms with Gasteiger partial charge >= 0.3 is 0 Å². The molecule has 1 N–H and O–H groups in total. The van der Waals surface area contributed by atoms with Crippen LogP contribution in [0.4, 0.5) is 0 Å². The van der Waals surface area contributed by atoms with Crippen molar-refractivity contribution in [2.24, 2.45) is 5.92 Å². The Morgan fingerprint density at radius 1 is 1.21 bits per heavy atom. The van der Waals surface area contributed by atoms with Crippen LogP contribution in [-0.2, 0) is 19.6 Å². The number of aliphatic hydroxyl groups is 1. The van der Waals surface area contributed by atoms with Crippen molar-refractivity contribution in [3.8, 4) is 0 Å². The fourth-order valence-corrected chi connectivity index (χ4v) is 6.93. The second-order valence-corrected chi connectivity index (χ2v) is 10.2. The number of amides is 1. The van der Waals surface area contributed by atoms with E-state index in [1.807, 2.05) is 0 Å². The van der Waals surface area contributed by atoms with Gasteiger partial charge in [0, 0.05) is 55.4 Å². The highest BCUT2D eigenvalue weighted by Gasteiger charge is 2.49. The van der Waals surface area contributed by atoms with Crippen LogP contribution in [0.2, 0.25) is 10.0 Å². The lowest BCUT2D eigenvalue weighted by Crippen LogP contribution is -2.55. The quantitative estimate of drug-likeness (QED) is 0.625. The van der Waals surface area contributed by atoms with Gasteiger partial charge in [-0.15, -0.1) is 0 Å². The van der Waals surface area contributed by atoms with Crippen molar-refractivity contribution in [2.45, 2.75) is 42.7 Å². The summed E-state index contributed by atoms with van der Waals surface area (Å²) in [5.74, 6) is -0.588. The summed E-state index contributed by atoms with van der Waals surface area (Å²) in [6.07, 6.45) is 2.41. The first-order valence-electron chi connectivity index (χ1n) is 9.67. The summed E-state index contributed by atoms with van der Waals surface area (Å²) >= 11 is 12.1. The molecule has 2 saturated heterocycles. The zero-order valence-electron chi connectivity index (χ0n) is 16.3. The molecule has 0 unspecified atom stereocenters. The van der Waals surface area contributed by atoms with E-state index < -0.39 is 22.1 Å². The number of methoxy groups -OCH3 is 1. The molecule has 10 heteroatoms. The molecular formula is C19H26Cl2N2O5S. The Hall–Kier alpha value is -0.900. The van der Waals surface area contributed by atoms with Crippen LogP contribution >= 0.6 is 23.2 Å². The number of nitrogens with zero attached hydrogens (tertiary/aromatic N) is 2. The van der Waals surface area contributed by atoms with Gasteiger partial charge in [0.05, 0.1) is 4.90 Å². The van der Waals surface area contributed by atoms with Gasteiger partial charge in [-0.2, -0.15) is 4.31 Å². The maximum Gasteiger partial charge on any atom is 0.244 e. The van der Waals surface area contributed by atoms with Crippen molar-refractivity contribution in [3.05, 3.63) is 28.2 Å². The summed E-state index contributed by atoms with van der Waals surface area (Å²) in [7, 11) is -2.44. The molecule has 1 aromatic rings. The molecule has 2 bridgehead atoms. The number of carbonyl (C=O) groups excluding carboxylic acids is 1. The van der Waals surface area contributed by atoms with Crippen molar-refractivity contribution in [1.29, 1.82) is 0 Å². The lowest BCUT2D eigenvalue weighted by atomic mass is 9.91. The zero-order valence-corrected chi connectivity index (χ0v) is 18.6. The highest BCUT2D eigenvalue weighted by atomic mass is 35.5. The van der Waals surface area contributed by atoms with Crippen LogP contribution < -0.4 is 0 Å². The molecule has 0 radical (unpaired) electrons. The molecule has 2 aliphatic rings. The maximum absolute atomic E-state index is 13.6. The molecule has 0 saturated carbocycles. The number of hydrogen-bond acceptors (Lipinski definition) is 5. The lowest BCUT2D eigenvalue weighted by Gasteiger charge is -2.40. The average Bonchev–Trinajstić information content (AvgIpc) is 2.74. The predicted octanol–water partition coefficient (Wildman–Crippen LogP) is 2.39. The molecule has 29 heavy (non-hydrogen) atoms. The molecule has 1 aromatic carbocycles. The highest BCUT2D eigenvalue weighted by molar-refractivity contribution is 7.89. The van der Waals surface area contributed by atoms with E-state index in [0.717, 1.165) is 6.42 Å². The van der Waals surface area contributed by atoms with Crippen LogP contribution in [0.15, 0.2) is 23.1 Å². The molecule has 2 heterocycles. The van der Waals surface area contributed by atoms with Crippen LogP contribution in [0.25, 0.3) is 0 Å². The number of hydrogen-bond donors (Lipinski definition) is 1. The SMILES string of the molecule is COCCCN1C[C@@H](CO)[C@H]2CCC[C@@H](C1=O)N2S(=O)(=O)c1cc(Cl)cc(Cl)c1. The van der Waals surface area contributed by atoms with E-state index in [0.29, 0.717) is 39.0 Å². The Bertz CT molecular complexity index is 831. The Balaban J connectivity index is 2.02. The van der Waals surface area contributed by atoms with Crippen molar-refractivity contribution in [1.82, 2.24) is 9.21 Å². The number of benzene rings is 1. The first-order valence-corrected chi connectivity index (χ1v) is 11.9. The van der Waals surface area contributed by atoms with Gasteiger partial charge in [0.25, 0.3) is 0 Å². The zero-order chi connectivity index (χ0) is 21.2. The minimum Gasteiger partial charge on any atom is -0.396 e. The van der Waals surface area contributed by atoms with E-state index in [1.165, 1.54) is 22.5 Å². The Morgan fingerprint density at radius 2 is 1.90 bits per heavy atom. The van der Waals surface area contributed by atoms with E-state index in [9.17, 15) is 18.3 Å². The maximum atomic E-state index is 13.6. The Kier molecular flexibility index (Phi) is 7.46. The minimum absolute atomic E-state index is 0.0378. The molecule has 7 nitrogen and oxygen atoms in total. The summed E-state index contributed by atoms with van der Waals surface area (Å²) < 4.78 is 33.5. The van der Waals surface area contributed by atoms with Gasteiger partial charge < -0.3 is 14.7 Å². The number of piperidine rings is 1. The van der Waals surface area contributed by atoms with E-state index in [4.69, 9.17) is 27.9 Å². The van der Waals surface area contributed by atoms with E-state index in [1.54, 1.807) is 12.0 Å². The Morgan fingerprint density at radius 3 is 2.52 bits per heavy atom. The van der Waals surface area contributed by atoms with Crippen LogP contribution in [-0.4, -0.2) is 74.1 Å². The highest BCUT2D eigenvalue weighted by Crippen LogP contribution is 2.38. The fraction of sp³-hybridized carbons (Fsp3) is 0.632. The van der Waals surface area contributed by atoms with Gasteiger partial charge in [-0.1, -0.05) is 23.2 Å². The molecule has 0 aliphatic carbocycles. The number of rotatable bonds is 7. The monoisotopic (exact) mass is 464 g/mol. The van der Waals surface area contributed by atoms with Crippen LogP contribution in [0, 0.1) is 5.92 Å². The second-order valence-electron chi connectivity index (χ2n) is 7.53. The third-order valence-corrected chi connectivity index (χ3v) is 7.98. The molecule has 2 fully saturated rings. The van der Waals surface area contributed by atoms with E-state index in [-0.39, 0.29) is 33.4 Å². The van der Waals surface area contributed by atoms with Gasteiger partial charge in [0.1, 0.15) is 6.04 Å². The molecule has 162 valence electrons. The molecular weight excluding hydrogens is 439 g/mol. The van der Waals surface area contributed by atoms with Gasteiger partial charge in [-0.25, -0.2) is 8.42 Å². The van der Waals surface area contributed by atoms with Crippen molar-refractivity contribution >= 4 is 39.1 Å². The van der Waals surface area contributed by atoms with Gasteiger partial charge in [0.2, 0.25) is 15.9 Å². The topological polar surface area (TPSA) is 87.2 Å². The minimum atomic E-state index is -4.03. The molecule has 0 aromatic heterocycles. The molecule has 1 amide bonds. The van der Waals surface area contributed by atoms with Crippen molar-refractivity contribution in [2.75, 3.05) is 33.4 Å². The van der Waals surface area contributed by atoms with Crippen LogP contribution in [0.1, 0.15) is 25.7 Å². The molecule has 2 aliphatic heterocycles. The largest absolute Gasteiger partial charge is 0.396 e. The summed E-state index contributed by atoms with van der Waals surface area (Å²) in [5, 5.41) is 10.4. The van der Waals surface area contributed by atoms with Crippen LogP contribution in [0.5, 0.6) is 0 Å². The summed E-state index contributed by atoms with van der Waals surface area (Å²) in [6, 6.07) is 2.90. The predicted molar refractivity (Wildman–Crippen MR) is 111 cm³/mol. The molecule has 3 atom stereocenters. The normalized spacial score (nSPS) is 25.9. The summed E-state index contributed by atoms with van der Waals surface area (Å²) in [6.45, 7) is 1.09.